The van der Waals surface area contributed by atoms with Gasteiger partial charge in [0.2, 0.25) is 0 Å². The van der Waals surface area contributed by atoms with Gasteiger partial charge in [-0.3, -0.25) is 9.98 Å². The molecule has 0 spiro atoms. The Morgan fingerprint density at radius 2 is 0.808 bits per heavy atom. The molecule has 4 atom stereocenters. The summed E-state index contributed by atoms with van der Waals surface area (Å²) in [4.78, 5) is 34.9. The van der Waals surface area contributed by atoms with E-state index < -0.39 is 12.1 Å². The van der Waals surface area contributed by atoms with Gasteiger partial charge in [-0.2, -0.15) is 0 Å². The van der Waals surface area contributed by atoms with Crippen LogP contribution in [0, 0.1) is 23.7 Å². The lowest BCUT2D eigenvalue weighted by Gasteiger charge is -2.16. The maximum Gasteiger partial charge on any atom is 0.331 e. The number of nitrogens with zero attached hydrogens (tertiary/aromatic N) is 2. The van der Waals surface area contributed by atoms with Crippen molar-refractivity contribution < 1.29 is 19.1 Å². The lowest BCUT2D eigenvalue weighted by atomic mass is 9.97. The Hall–Kier alpha value is -3.28. The fourth-order valence-corrected chi connectivity index (χ4v) is 6.20. The second-order valence-electron chi connectivity index (χ2n) is 16.3. The average molecular weight is 717 g/mol. The molecule has 0 heterocycles. The van der Waals surface area contributed by atoms with Gasteiger partial charge >= 0.3 is 11.9 Å². The van der Waals surface area contributed by atoms with Crippen molar-refractivity contribution in [3.05, 3.63) is 70.8 Å². The smallest absolute Gasteiger partial charge is 0.331 e. The van der Waals surface area contributed by atoms with Gasteiger partial charge < -0.3 is 9.47 Å². The molecule has 2 aromatic rings. The summed E-state index contributed by atoms with van der Waals surface area (Å²) in [6, 6.07) is 16.7. The molecule has 0 aliphatic rings. The zero-order valence-electron chi connectivity index (χ0n) is 34.4. The van der Waals surface area contributed by atoms with E-state index in [1.165, 1.54) is 22.3 Å². The summed E-state index contributed by atoms with van der Waals surface area (Å²) in [7, 11) is 0. The van der Waals surface area contributed by atoms with Crippen LogP contribution >= 0.6 is 0 Å². The normalized spacial score (nSPS) is 14.5. The molecule has 0 N–H and O–H groups in total. The summed E-state index contributed by atoms with van der Waals surface area (Å²) in [6.07, 6.45) is 14.1. The molecule has 0 aromatic heterocycles. The molecule has 0 bridgehead atoms. The Balaban J connectivity index is 1.56. The van der Waals surface area contributed by atoms with Crippen molar-refractivity contribution in [3.8, 4) is 0 Å². The summed E-state index contributed by atoms with van der Waals surface area (Å²) < 4.78 is 11.3. The molecule has 0 aliphatic carbocycles. The highest BCUT2D eigenvalue weighted by Gasteiger charge is 2.23. The van der Waals surface area contributed by atoms with Crippen LogP contribution in [0.25, 0.3) is 0 Å². The van der Waals surface area contributed by atoms with Gasteiger partial charge in [0, 0.05) is 12.4 Å². The lowest BCUT2D eigenvalue weighted by Crippen LogP contribution is -2.27. The number of ether oxygens (including phenoxy) is 2. The van der Waals surface area contributed by atoms with E-state index in [1.54, 1.807) is 0 Å². The predicted octanol–water partition coefficient (Wildman–Crippen LogP) is 11.4. The van der Waals surface area contributed by atoms with Gasteiger partial charge in [-0.05, 0) is 83.4 Å². The largest absolute Gasteiger partial charge is 0.464 e. The first-order valence-electron chi connectivity index (χ1n) is 20.4. The monoisotopic (exact) mass is 717 g/mol. The van der Waals surface area contributed by atoms with Crippen LogP contribution in [0.1, 0.15) is 155 Å². The minimum Gasteiger partial charge on any atom is -0.464 e. The second kappa shape index (κ2) is 24.9. The molecule has 4 unspecified atom stereocenters. The molecule has 2 aromatic carbocycles. The maximum atomic E-state index is 12.8. The maximum absolute atomic E-state index is 12.8. The fraction of sp³-hybridized carbons (Fsp3) is 0.652. The zero-order valence-corrected chi connectivity index (χ0v) is 34.4. The van der Waals surface area contributed by atoms with Gasteiger partial charge in [0.1, 0.15) is 12.1 Å². The highest BCUT2D eigenvalue weighted by molar-refractivity contribution is 5.79. The van der Waals surface area contributed by atoms with Gasteiger partial charge in [-0.25, -0.2) is 9.59 Å². The van der Waals surface area contributed by atoms with Crippen LogP contribution in [0.5, 0.6) is 0 Å². The minimum atomic E-state index is -0.457. The van der Waals surface area contributed by atoms with Gasteiger partial charge in [0.25, 0.3) is 0 Å². The third-order valence-corrected chi connectivity index (χ3v) is 9.68. The first-order valence-corrected chi connectivity index (χ1v) is 20.4. The molecule has 0 saturated heterocycles. The molecular weight excluding hydrogens is 645 g/mol. The third kappa shape index (κ3) is 18.0. The number of hydrogen-bond acceptors (Lipinski definition) is 6. The predicted molar refractivity (Wildman–Crippen MR) is 220 cm³/mol. The summed E-state index contributed by atoms with van der Waals surface area (Å²) in [6.45, 7) is 22.1. The Labute approximate surface area is 317 Å². The van der Waals surface area contributed by atoms with Crippen molar-refractivity contribution in [2.24, 2.45) is 33.7 Å². The molecule has 2 rings (SSSR count). The van der Waals surface area contributed by atoms with Gasteiger partial charge in [-0.15, -0.1) is 0 Å². The Bertz CT molecular complexity index is 1220. The highest BCUT2D eigenvalue weighted by Crippen LogP contribution is 2.19. The average Bonchev–Trinajstić information content (AvgIpc) is 3.09. The van der Waals surface area contributed by atoms with Crippen molar-refractivity contribution in [1.29, 1.82) is 0 Å². The third-order valence-electron chi connectivity index (χ3n) is 9.68. The van der Waals surface area contributed by atoms with Crippen LogP contribution in [0.3, 0.4) is 0 Å². The van der Waals surface area contributed by atoms with E-state index >= 15 is 0 Å². The van der Waals surface area contributed by atoms with Crippen molar-refractivity contribution in [2.75, 3.05) is 13.2 Å². The summed E-state index contributed by atoms with van der Waals surface area (Å²) in [5.41, 5.74) is 5.27. The van der Waals surface area contributed by atoms with Gasteiger partial charge in [0.15, 0.2) is 0 Å². The molecule has 0 amide bonds. The van der Waals surface area contributed by atoms with E-state index in [2.05, 4.69) is 100 Å². The highest BCUT2D eigenvalue weighted by atomic mass is 16.5. The summed E-state index contributed by atoms with van der Waals surface area (Å²) in [5, 5.41) is 0. The van der Waals surface area contributed by atoms with Gasteiger partial charge in [0.05, 0.1) is 13.2 Å². The van der Waals surface area contributed by atoms with Crippen LogP contribution in [0.15, 0.2) is 58.5 Å². The summed E-state index contributed by atoms with van der Waals surface area (Å²) >= 11 is 0. The topological polar surface area (TPSA) is 77.3 Å². The van der Waals surface area contributed by atoms with E-state index in [9.17, 15) is 9.59 Å². The Kier molecular flexibility index (Phi) is 21.5. The number of benzene rings is 2. The molecule has 6 nitrogen and oxygen atoms in total. The van der Waals surface area contributed by atoms with E-state index in [0.717, 1.165) is 64.2 Å². The second-order valence-corrected chi connectivity index (χ2v) is 16.3. The molecule has 0 fully saturated rings. The first-order chi connectivity index (χ1) is 24.8. The van der Waals surface area contributed by atoms with Crippen molar-refractivity contribution >= 4 is 24.4 Å². The van der Waals surface area contributed by atoms with E-state index in [0.29, 0.717) is 25.0 Å². The van der Waals surface area contributed by atoms with Crippen LogP contribution in [0.2, 0.25) is 0 Å². The van der Waals surface area contributed by atoms with E-state index in [1.807, 2.05) is 40.1 Å². The molecule has 0 radical (unpaired) electrons. The standard InChI is InChI=1S/C46H72N2O4/c1-33(2)41-23-19-39(20-24-41)29-37(9)31-47-43(35(5)6)45(49)51-27-17-15-13-11-12-14-16-18-28-52-46(50)44(36(7)8)48-32-38(10)30-40-21-25-42(26-22-40)34(3)4/h19-26,31-38,43-44H,11-18,27-30H2,1-10H3. The quantitative estimate of drug-likeness (QED) is 0.0582. The Morgan fingerprint density at radius 1 is 0.500 bits per heavy atom. The minimum absolute atomic E-state index is 0.0903. The number of esters is 2. The molecule has 6 heteroatoms. The lowest BCUT2D eigenvalue weighted by molar-refractivity contribution is -0.147. The van der Waals surface area contributed by atoms with Crippen molar-refractivity contribution in [1.82, 2.24) is 0 Å². The van der Waals surface area contributed by atoms with Crippen LogP contribution in [0.4, 0.5) is 0 Å². The Morgan fingerprint density at radius 3 is 1.10 bits per heavy atom. The van der Waals surface area contributed by atoms with Crippen LogP contribution in [-0.4, -0.2) is 49.7 Å². The molecule has 52 heavy (non-hydrogen) atoms. The number of unbranched alkanes of at least 4 members (excludes halogenated alkanes) is 7. The molecule has 0 saturated carbocycles. The summed E-state index contributed by atoms with van der Waals surface area (Å²) in [5.74, 6) is 1.29. The molecular formula is C46H72N2O4. The fourth-order valence-electron chi connectivity index (χ4n) is 6.20. The number of carbonyl (C=O) groups excluding carboxylic acids is 2. The van der Waals surface area contributed by atoms with Crippen LogP contribution < -0.4 is 0 Å². The molecule has 0 aliphatic heterocycles. The number of rotatable bonds is 25. The van der Waals surface area contributed by atoms with Gasteiger partial charge in [-0.1, -0.05) is 156 Å². The zero-order chi connectivity index (χ0) is 38.5. The van der Waals surface area contributed by atoms with Crippen molar-refractivity contribution in [3.63, 3.8) is 0 Å². The molecule has 290 valence electrons. The number of aliphatic imine (C=N–C) groups is 2. The van der Waals surface area contributed by atoms with Crippen molar-refractivity contribution in [2.45, 2.75) is 157 Å². The van der Waals surface area contributed by atoms with E-state index in [-0.39, 0.29) is 35.6 Å². The number of carbonyl (C=O) groups is 2. The van der Waals surface area contributed by atoms with E-state index in [4.69, 9.17) is 9.47 Å². The van der Waals surface area contributed by atoms with Crippen LogP contribution in [-0.2, 0) is 31.9 Å². The number of hydrogen-bond donors (Lipinski definition) is 0. The first kappa shape index (κ1) is 44.9. The SMILES string of the molecule is CC(C=NC(C(=O)OCCCCCCCCCCOC(=O)C(N=CC(C)Cc1ccc(C(C)C)cc1)C(C)C)C(C)C)Cc1ccc(C(C)C)cc1.